The molecule has 9 heavy (non-hydrogen) atoms. The van der Waals surface area contributed by atoms with Gasteiger partial charge in [-0.25, -0.2) is 4.79 Å². The summed E-state index contributed by atoms with van der Waals surface area (Å²) in [5.74, 6) is 0. The molecule has 0 rings (SSSR count). The molecule has 0 saturated heterocycles. The Morgan fingerprint density at radius 2 is 2.00 bits per heavy atom. The Bertz CT molecular complexity index is 112. The summed E-state index contributed by atoms with van der Waals surface area (Å²) >= 11 is 1.22. The van der Waals surface area contributed by atoms with E-state index in [2.05, 4.69) is 0 Å². The summed E-state index contributed by atoms with van der Waals surface area (Å²) in [7, 11) is 0. The van der Waals surface area contributed by atoms with Crippen molar-refractivity contribution in [3.8, 4) is 0 Å². The van der Waals surface area contributed by atoms with Crippen molar-refractivity contribution in [3.63, 3.8) is 0 Å². The standard InChI is InChI=1S/C4H8O3S2/c1-4(2,9-7)8-3(5)6/h7H,1-2H3,(H,5,6). The van der Waals surface area contributed by atoms with Crippen LogP contribution in [0, 0.1) is 0 Å². The first-order valence-corrected chi connectivity index (χ1v) is 3.81. The number of thioether (sulfide) groups is 1. The van der Waals surface area contributed by atoms with E-state index in [4.69, 9.17) is 9.66 Å². The number of carbonyl (C=O) groups is 1. The Kier molecular flexibility index (Phi) is 3.38. The zero-order valence-corrected chi connectivity index (χ0v) is 6.75. The van der Waals surface area contributed by atoms with Gasteiger partial charge in [0.25, 0.3) is 0 Å². The monoisotopic (exact) mass is 168 g/mol. The van der Waals surface area contributed by atoms with Gasteiger partial charge in [0.15, 0.2) is 0 Å². The van der Waals surface area contributed by atoms with Crippen LogP contribution in [0.3, 0.4) is 0 Å². The van der Waals surface area contributed by atoms with Gasteiger partial charge in [-0.1, -0.05) is 0 Å². The lowest BCUT2D eigenvalue weighted by Crippen LogP contribution is -2.10. The first-order chi connectivity index (χ1) is 3.98. The normalized spacial score (nSPS) is 11.4. The second kappa shape index (κ2) is 3.34. The Balaban J connectivity index is 3.71. The van der Waals surface area contributed by atoms with Crippen molar-refractivity contribution in [1.29, 1.82) is 0 Å². The molecule has 0 aliphatic rings. The minimum Gasteiger partial charge on any atom is -0.473 e. The highest BCUT2D eigenvalue weighted by Crippen LogP contribution is 2.33. The fourth-order valence-corrected chi connectivity index (χ4v) is 1.01. The van der Waals surface area contributed by atoms with E-state index in [0.29, 0.717) is 23.8 Å². The highest BCUT2D eigenvalue weighted by Gasteiger charge is 2.22. The van der Waals surface area contributed by atoms with Gasteiger partial charge in [-0.2, -0.15) is 0 Å². The maximum Gasteiger partial charge on any atom is 0.366 e. The molecular formula is C4H8O3S2. The molecule has 3 nitrogen and oxygen atoms in total. The lowest BCUT2D eigenvalue weighted by molar-refractivity contribution is 0.222. The summed E-state index contributed by atoms with van der Waals surface area (Å²) in [5.41, 5.74) is 0. The molecule has 0 atom stereocenters. The molecule has 0 aliphatic heterocycles. The van der Waals surface area contributed by atoms with E-state index in [9.17, 15) is 4.79 Å². The smallest absolute Gasteiger partial charge is 0.366 e. The lowest BCUT2D eigenvalue weighted by Gasteiger charge is -2.14. The molecule has 5 heteroatoms. The van der Waals surface area contributed by atoms with Gasteiger partial charge in [0.05, 0.1) is 4.08 Å². The van der Waals surface area contributed by atoms with Crippen molar-refractivity contribution in [3.05, 3.63) is 0 Å². The predicted octanol–water partition coefficient (Wildman–Crippen LogP) is 2.34. The van der Waals surface area contributed by atoms with Gasteiger partial charge < -0.3 is 9.66 Å². The Hall–Kier alpha value is 0.130. The molecule has 0 unspecified atom stereocenters. The van der Waals surface area contributed by atoms with Crippen LogP contribution >= 0.6 is 23.8 Å². The molecule has 0 heterocycles. The first-order valence-electron chi connectivity index (χ1n) is 2.22. The fourth-order valence-electron chi connectivity index (χ4n) is 0.229. The number of hydrogen-bond donors (Lipinski definition) is 2. The zero-order valence-electron chi connectivity index (χ0n) is 5.12. The van der Waals surface area contributed by atoms with Crippen LogP contribution in [-0.4, -0.2) is 19.0 Å². The van der Waals surface area contributed by atoms with Gasteiger partial charge in [0, 0.05) is 12.0 Å². The molecule has 0 aromatic carbocycles. The number of carboxylic acid groups (broad SMARTS) is 1. The average Bonchev–Trinajstić information content (AvgIpc) is 1.63. The molecule has 0 aliphatic carbocycles. The molecule has 0 bridgehead atoms. The SMILES string of the molecule is CC(C)(SO)SC(=O)O. The molecule has 0 fully saturated rings. The summed E-state index contributed by atoms with van der Waals surface area (Å²) in [6.07, 6.45) is 0. The average molecular weight is 168 g/mol. The van der Waals surface area contributed by atoms with Gasteiger partial charge in [-0.3, -0.25) is 0 Å². The predicted molar refractivity (Wildman–Crippen MR) is 39.9 cm³/mol. The van der Waals surface area contributed by atoms with Crippen molar-refractivity contribution >= 4 is 29.1 Å². The van der Waals surface area contributed by atoms with Crippen molar-refractivity contribution in [1.82, 2.24) is 0 Å². The minimum absolute atomic E-state index is 0.538. The molecule has 2 N–H and O–H groups in total. The topological polar surface area (TPSA) is 57.5 Å². The molecular weight excluding hydrogens is 160 g/mol. The van der Waals surface area contributed by atoms with E-state index in [1.807, 2.05) is 0 Å². The van der Waals surface area contributed by atoms with Gasteiger partial charge in [-0.05, 0) is 25.6 Å². The van der Waals surface area contributed by atoms with Crippen molar-refractivity contribution in [2.24, 2.45) is 0 Å². The number of hydrogen-bond acceptors (Lipinski definition) is 4. The van der Waals surface area contributed by atoms with E-state index >= 15 is 0 Å². The Labute approximate surface area is 62.0 Å². The molecule has 0 aromatic heterocycles. The zero-order chi connectivity index (χ0) is 7.49. The molecule has 0 spiro atoms. The van der Waals surface area contributed by atoms with Crippen LogP contribution < -0.4 is 0 Å². The lowest BCUT2D eigenvalue weighted by atomic mass is 10.5. The maximum atomic E-state index is 10.0. The van der Waals surface area contributed by atoms with Gasteiger partial charge >= 0.3 is 5.30 Å². The Morgan fingerprint density at radius 3 is 2.11 bits per heavy atom. The van der Waals surface area contributed by atoms with Gasteiger partial charge in [0.1, 0.15) is 0 Å². The van der Waals surface area contributed by atoms with E-state index < -0.39 is 9.38 Å². The fraction of sp³-hybridized carbons (Fsp3) is 0.750. The molecule has 0 radical (unpaired) electrons. The van der Waals surface area contributed by atoms with E-state index in [0.717, 1.165) is 0 Å². The van der Waals surface area contributed by atoms with Crippen molar-refractivity contribution in [2.45, 2.75) is 17.9 Å². The van der Waals surface area contributed by atoms with Crippen LogP contribution in [0.2, 0.25) is 0 Å². The molecule has 0 saturated carbocycles. The highest BCUT2D eigenvalue weighted by molar-refractivity contribution is 8.24. The van der Waals surface area contributed by atoms with Crippen LogP contribution in [0.5, 0.6) is 0 Å². The second-order valence-corrected chi connectivity index (χ2v) is 4.89. The first kappa shape index (κ1) is 9.13. The third kappa shape index (κ3) is 4.62. The second-order valence-electron chi connectivity index (χ2n) is 1.86. The van der Waals surface area contributed by atoms with E-state index in [1.54, 1.807) is 13.8 Å². The quantitative estimate of drug-likeness (QED) is 0.489. The summed E-state index contributed by atoms with van der Waals surface area (Å²) in [4.78, 5) is 10.0. The van der Waals surface area contributed by atoms with Gasteiger partial charge in [0.2, 0.25) is 0 Å². The third-order valence-electron chi connectivity index (χ3n) is 0.553. The van der Waals surface area contributed by atoms with Crippen molar-refractivity contribution in [2.75, 3.05) is 0 Å². The van der Waals surface area contributed by atoms with Gasteiger partial charge in [-0.15, -0.1) is 0 Å². The number of rotatable bonds is 2. The van der Waals surface area contributed by atoms with Crippen LogP contribution in [0.25, 0.3) is 0 Å². The summed E-state index contributed by atoms with van der Waals surface area (Å²) in [6, 6.07) is 0. The highest BCUT2D eigenvalue weighted by atomic mass is 32.2. The largest absolute Gasteiger partial charge is 0.473 e. The minimum atomic E-state index is -0.971. The molecule has 0 aromatic rings. The van der Waals surface area contributed by atoms with Crippen LogP contribution in [0.15, 0.2) is 0 Å². The van der Waals surface area contributed by atoms with Crippen LogP contribution in [0.4, 0.5) is 4.79 Å². The summed E-state index contributed by atoms with van der Waals surface area (Å²) in [5, 5.41) is 7.25. The van der Waals surface area contributed by atoms with Crippen LogP contribution in [-0.2, 0) is 0 Å². The van der Waals surface area contributed by atoms with Crippen molar-refractivity contribution < 1.29 is 14.5 Å². The van der Waals surface area contributed by atoms with Crippen LogP contribution in [0.1, 0.15) is 13.8 Å². The van der Waals surface area contributed by atoms with E-state index in [-0.39, 0.29) is 0 Å². The molecule has 0 amide bonds. The summed E-state index contributed by atoms with van der Waals surface area (Å²) in [6.45, 7) is 3.27. The maximum absolute atomic E-state index is 10.0. The molecule has 54 valence electrons. The van der Waals surface area contributed by atoms with E-state index in [1.165, 1.54) is 0 Å². The summed E-state index contributed by atoms with van der Waals surface area (Å²) < 4.78 is 7.83. The Morgan fingerprint density at radius 1 is 1.56 bits per heavy atom. The third-order valence-corrected chi connectivity index (χ3v) is 2.13.